The molecule has 1 heterocycles. The first kappa shape index (κ1) is 13.4. The van der Waals surface area contributed by atoms with Crippen LogP contribution < -0.4 is 0 Å². The molecule has 0 unspecified atom stereocenters. The van der Waals surface area contributed by atoms with E-state index in [4.69, 9.17) is 16.3 Å². The van der Waals surface area contributed by atoms with Crippen molar-refractivity contribution in [1.29, 1.82) is 0 Å². The lowest BCUT2D eigenvalue weighted by Crippen LogP contribution is -2.03. The third-order valence-electron chi connectivity index (χ3n) is 2.82. The van der Waals surface area contributed by atoms with Gasteiger partial charge in [0.1, 0.15) is 0 Å². The van der Waals surface area contributed by atoms with Crippen molar-refractivity contribution in [3.63, 3.8) is 0 Å². The SMILES string of the molecule is COC(=O)c1ccc2c(C(=O)OC)c(CCl)[nH]c2c1. The zero-order chi connectivity index (χ0) is 14.0. The number of ether oxygens (including phenoxy) is 2. The number of carbonyl (C=O) groups excluding carboxylic acids is 2. The Morgan fingerprint density at radius 1 is 1.21 bits per heavy atom. The van der Waals surface area contributed by atoms with Crippen LogP contribution in [0.25, 0.3) is 10.9 Å². The van der Waals surface area contributed by atoms with Gasteiger partial charge in [-0.05, 0) is 12.1 Å². The molecule has 0 saturated heterocycles. The van der Waals surface area contributed by atoms with Crippen LogP contribution in [0.1, 0.15) is 26.4 Å². The Balaban J connectivity index is 2.64. The number of hydrogen-bond acceptors (Lipinski definition) is 4. The molecule has 1 N–H and O–H groups in total. The van der Waals surface area contributed by atoms with E-state index in [1.165, 1.54) is 14.2 Å². The molecule has 0 aliphatic heterocycles. The number of nitrogens with one attached hydrogen (secondary N) is 1. The van der Waals surface area contributed by atoms with Crippen LogP contribution in [-0.4, -0.2) is 31.1 Å². The summed E-state index contributed by atoms with van der Waals surface area (Å²) in [5, 5.41) is 0.662. The number of halogens is 1. The van der Waals surface area contributed by atoms with E-state index in [0.717, 1.165) is 0 Å². The van der Waals surface area contributed by atoms with E-state index in [2.05, 4.69) is 9.72 Å². The Hall–Kier alpha value is -2.01. The van der Waals surface area contributed by atoms with Gasteiger partial charge in [-0.1, -0.05) is 6.07 Å². The summed E-state index contributed by atoms with van der Waals surface area (Å²) in [6.07, 6.45) is 0. The highest BCUT2D eigenvalue weighted by molar-refractivity contribution is 6.18. The van der Waals surface area contributed by atoms with Gasteiger partial charge in [-0.2, -0.15) is 0 Å². The molecule has 0 atom stereocenters. The smallest absolute Gasteiger partial charge is 0.340 e. The lowest BCUT2D eigenvalue weighted by molar-refractivity contribution is 0.0593. The lowest BCUT2D eigenvalue weighted by atomic mass is 10.1. The third kappa shape index (κ3) is 2.29. The van der Waals surface area contributed by atoms with Crippen LogP contribution >= 0.6 is 11.6 Å². The Labute approximate surface area is 114 Å². The van der Waals surface area contributed by atoms with Gasteiger partial charge in [-0.25, -0.2) is 9.59 Å². The van der Waals surface area contributed by atoms with Gasteiger partial charge >= 0.3 is 11.9 Å². The molecule has 1 aromatic carbocycles. The Morgan fingerprint density at radius 2 is 1.89 bits per heavy atom. The number of benzene rings is 1. The van der Waals surface area contributed by atoms with Crippen LogP contribution in [0.2, 0.25) is 0 Å². The maximum atomic E-state index is 11.8. The second kappa shape index (κ2) is 5.32. The zero-order valence-electron chi connectivity index (χ0n) is 10.5. The molecule has 0 aliphatic carbocycles. The molecule has 100 valence electrons. The largest absolute Gasteiger partial charge is 0.465 e. The number of methoxy groups -OCH3 is 2. The molecule has 0 bridgehead atoms. The maximum absolute atomic E-state index is 11.8. The van der Waals surface area contributed by atoms with Gasteiger partial charge in [-0.15, -0.1) is 11.6 Å². The molecule has 0 fully saturated rings. The van der Waals surface area contributed by atoms with Crippen LogP contribution in [0.4, 0.5) is 0 Å². The standard InChI is InChI=1S/C13H12ClNO4/c1-18-12(16)7-3-4-8-9(5-7)15-10(6-14)11(8)13(17)19-2/h3-5,15H,6H2,1-2H3. The van der Waals surface area contributed by atoms with Gasteiger partial charge in [0.15, 0.2) is 0 Å². The van der Waals surface area contributed by atoms with E-state index >= 15 is 0 Å². The quantitative estimate of drug-likeness (QED) is 0.693. The fourth-order valence-electron chi connectivity index (χ4n) is 1.93. The molecule has 6 heteroatoms. The normalized spacial score (nSPS) is 10.5. The number of hydrogen-bond donors (Lipinski definition) is 1. The summed E-state index contributed by atoms with van der Waals surface area (Å²) < 4.78 is 9.38. The molecule has 0 radical (unpaired) electrons. The predicted molar refractivity (Wildman–Crippen MR) is 70.5 cm³/mol. The summed E-state index contributed by atoms with van der Waals surface area (Å²) in [5.74, 6) is -0.761. The lowest BCUT2D eigenvalue weighted by Gasteiger charge is -2.01. The van der Waals surface area contributed by atoms with E-state index in [-0.39, 0.29) is 5.88 Å². The minimum atomic E-state index is -0.465. The Kier molecular flexibility index (Phi) is 3.76. The fraction of sp³-hybridized carbons (Fsp3) is 0.231. The molecule has 0 amide bonds. The van der Waals surface area contributed by atoms with Crippen LogP contribution in [0, 0.1) is 0 Å². The fourth-order valence-corrected chi connectivity index (χ4v) is 2.13. The first-order chi connectivity index (χ1) is 9.12. The van der Waals surface area contributed by atoms with Crippen LogP contribution in [-0.2, 0) is 15.4 Å². The van der Waals surface area contributed by atoms with Crippen molar-refractivity contribution in [1.82, 2.24) is 4.98 Å². The number of carbonyl (C=O) groups is 2. The Morgan fingerprint density at radius 3 is 2.47 bits per heavy atom. The molecule has 0 aliphatic rings. The summed E-state index contributed by atoms with van der Waals surface area (Å²) in [6, 6.07) is 4.87. The second-order valence-corrected chi connectivity index (χ2v) is 4.12. The molecule has 0 spiro atoms. The second-order valence-electron chi connectivity index (χ2n) is 3.86. The Bertz CT molecular complexity index is 647. The molecule has 2 rings (SSSR count). The van der Waals surface area contributed by atoms with Gasteiger partial charge in [-0.3, -0.25) is 0 Å². The molecule has 0 saturated carbocycles. The first-order valence-electron chi connectivity index (χ1n) is 5.49. The van der Waals surface area contributed by atoms with Crippen molar-refractivity contribution >= 4 is 34.4 Å². The van der Waals surface area contributed by atoms with Gasteiger partial charge in [0.2, 0.25) is 0 Å². The summed E-state index contributed by atoms with van der Waals surface area (Å²) in [7, 11) is 2.62. The number of H-pyrrole nitrogens is 1. The van der Waals surface area contributed by atoms with Crippen molar-refractivity contribution in [3.8, 4) is 0 Å². The van der Waals surface area contributed by atoms with Crippen LogP contribution in [0.15, 0.2) is 18.2 Å². The summed E-state index contributed by atoms with van der Waals surface area (Å²) in [4.78, 5) is 26.2. The summed E-state index contributed by atoms with van der Waals surface area (Å²) in [5.41, 5.74) is 1.99. The molecular weight excluding hydrogens is 270 g/mol. The van der Waals surface area contributed by atoms with E-state index in [1.807, 2.05) is 0 Å². The van der Waals surface area contributed by atoms with E-state index in [9.17, 15) is 9.59 Å². The molecule has 1 aromatic heterocycles. The van der Waals surface area contributed by atoms with E-state index in [1.54, 1.807) is 18.2 Å². The summed E-state index contributed by atoms with van der Waals surface area (Å²) in [6.45, 7) is 0. The monoisotopic (exact) mass is 281 g/mol. The third-order valence-corrected chi connectivity index (χ3v) is 3.09. The van der Waals surface area contributed by atoms with Crippen molar-refractivity contribution < 1.29 is 19.1 Å². The van der Waals surface area contributed by atoms with Crippen molar-refractivity contribution in [3.05, 3.63) is 35.0 Å². The summed E-state index contributed by atoms with van der Waals surface area (Å²) >= 11 is 5.80. The van der Waals surface area contributed by atoms with Gasteiger partial charge < -0.3 is 14.5 Å². The number of alkyl halides is 1. The molecular formula is C13H12ClNO4. The highest BCUT2D eigenvalue weighted by Gasteiger charge is 2.19. The average Bonchev–Trinajstić information content (AvgIpc) is 2.82. The van der Waals surface area contributed by atoms with E-state index < -0.39 is 11.9 Å². The van der Waals surface area contributed by atoms with E-state index in [0.29, 0.717) is 27.7 Å². The highest BCUT2D eigenvalue weighted by Crippen LogP contribution is 2.25. The topological polar surface area (TPSA) is 68.4 Å². The minimum absolute atomic E-state index is 0.146. The van der Waals surface area contributed by atoms with Crippen LogP contribution in [0.3, 0.4) is 0 Å². The number of aromatic amines is 1. The van der Waals surface area contributed by atoms with Crippen molar-refractivity contribution in [2.75, 3.05) is 14.2 Å². The number of rotatable bonds is 3. The zero-order valence-corrected chi connectivity index (χ0v) is 11.2. The van der Waals surface area contributed by atoms with Crippen molar-refractivity contribution in [2.45, 2.75) is 5.88 Å². The van der Waals surface area contributed by atoms with Crippen LogP contribution in [0.5, 0.6) is 0 Å². The minimum Gasteiger partial charge on any atom is -0.465 e. The predicted octanol–water partition coefficient (Wildman–Crippen LogP) is 2.48. The molecule has 19 heavy (non-hydrogen) atoms. The van der Waals surface area contributed by atoms with Gasteiger partial charge in [0, 0.05) is 16.6 Å². The first-order valence-corrected chi connectivity index (χ1v) is 6.03. The maximum Gasteiger partial charge on any atom is 0.340 e. The average molecular weight is 282 g/mol. The molecule has 5 nitrogen and oxygen atoms in total. The number of aromatic nitrogens is 1. The number of fused-ring (bicyclic) bond motifs is 1. The van der Waals surface area contributed by atoms with Gasteiger partial charge in [0.25, 0.3) is 0 Å². The highest BCUT2D eigenvalue weighted by atomic mass is 35.5. The molecule has 2 aromatic rings. The van der Waals surface area contributed by atoms with Gasteiger partial charge in [0.05, 0.1) is 31.2 Å². The number of esters is 2. The van der Waals surface area contributed by atoms with Crippen molar-refractivity contribution in [2.24, 2.45) is 0 Å².